The first-order chi connectivity index (χ1) is 14.4. The van der Waals surface area contributed by atoms with Gasteiger partial charge in [-0.05, 0) is 37.1 Å². The molecular formula is C21H25N3O5S. The highest BCUT2D eigenvalue weighted by molar-refractivity contribution is 7.92. The molecule has 1 heterocycles. The molecule has 1 aliphatic rings. The Hall–Kier alpha value is -2.94. The first-order valence-corrected chi connectivity index (χ1v) is 11.5. The Kier molecular flexibility index (Phi) is 7.04. The molecule has 1 aromatic heterocycles. The van der Waals surface area contributed by atoms with E-state index in [0.717, 1.165) is 12.8 Å². The second-order valence-electron chi connectivity index (χ2n) is 7.18. The minimum absolute atomic E-state index is 0.0966. The number of methoxy groups -OCH3 is 1. The summed E-state index contributed by atoms with van der Waals surface area (Å²) >= 11 is 0. The number of aromatic nitrogens is 1. The van der Waals surface area contributed by atoms with Crippen molar-refractivity contribution in [2.45, 2.75) is 37.4 Å². The maximum Gasteiger partial charge on any atom is 0.257 e. The van der Waals surface area contributed by atoms with Crippen LogP contribution in [-0.2, 0) is 14.6 Å². The van der Waals surface area contributed by atoms with Gasteiger partial charge < -0.3 is 15.4 Å². The maximum absolute atomic E-state index is 12.3. The first kappa shape index (κ1) is 21.8. The standard InChI is InChI=1S/C21H25N3O5S/c1-29-19-13-16(8-9-18(19)24-21(26)15-5-4-11-22-14-15)23-20(25)10-12-30(27,28)17-6-2-3-7-17/h4-5,8-9,11,13-14,17H,2-3,6-7,10,12H2,1H3,(H,23,25)(H,24,26). The molecule has 2 aromatic rings. The molecule has 1 fully saturated rings. The van der Waals surface area contributed by atoms with Crippen molar-refractivity contribution in [1.29, 1.82) is 0 Å². The van der Waals surface area contributed by atoms with Gasteiger partial charge in [0.25, 0.3) is 5.91 Å². The van der Waals surface area contributed by atoms with E-state index >= 15 is 0 Å². The summed E-state index contributed by atoms with van der Waals surface area (Å²) in [6.07, 6.45) is 6.17. The monoisotopic (exact) mass is 431 g/mol. The predicted molar refractivity (Wildman–Crippen MR) is 114 cm³/mol. The van der Waals surface area contributed by atoms with Crippen LogP contribution < -0.4 is 15.4 Å². The molecule has 3 rings (SSSR count). The number of carbonyl (C=O) groups excluding carboxylic acids is 2. The van der Waals surface area contributed by atoms with Crippen molar-refractivity contribution in [1.82, 2.24) is 4.98 Å². The van der Waals surface area contributed by atoms with E-state index in [1.54, 1.807) is 36.5 Å². The zero-order chi connectivity index (χ0) is 21.6. The highest BCUT2D eigenvalue weighted by atomic mass is 32.2. The second-order valence-corrected chi connectivity index (χ2v) is 9.58. The van der Waals surface area contributed by atoms with Crippen LogP contribution in [0, 0.1) is 0 Å². The van der Waals surface area contributed by atoms with Crippen LogP contribution in [0.25, 0.3) is 0 Å². The smallest absolute Gasteiger partial charge is 0.257 e. The van der Waals surface area contributed by atoms with Gasteiger partial charge in [-0.1, -0.05) is 12.8 Å². The molecule has 1 saturated carbocycles. The van der Waals surface area contributed by atoms with Crippen molar-refractivity contribution in [2.24, 2.45) is 0 Å². The van der Waals surface area contributed by atoms with Crippen LogP contribution in [0.3, 0.4) is 0 Å². The molecule has 0 spiro atoms. The number of hydrogen-bond donors (Lipinski definition) is 2. The minimum atomic E-state index is -3.24. The van der Waals surface area contributed by atoms with Gasteiger partial charge in [0.2, 0.25) is 5.91 Å². The lowest BCUT2D eigenvalue weighted by Gasteiger charge is -2.13. The molecule has 30 heavy (non-hydrogen) atoms. The van der Waals surface area contributed by atoms with Crippen molar-refractivity contribution in [3.63, 3.8) is 0 Å². The summed E-state index contributed by atoms with van der Waals surface area (Å²) in [7, 11) is -1.79. The van der Waals surface area contributed by atoms with Gasteiger partial charge in [-0.15, -0.1) is 0 Å². The molecule has 2 N–H and O–H groups in total. The average Bonchev–Trinajstić information content (AvgIpc) is 3.30. The summed E-state index contributed by atoms with van der Waals surface area (Å²) in [5.74, 6) is -0.510. The Labute approximate surface area is 176 Å². The van der Waals surface area contributed by atoms with E-state index in [2.05, 4.69) is 15.6 Å². The van der Waals surface area contributed by atoms with Crippen LogP contribution in [0.2, 0.25) is 0 Å². The average molecular weight is 432 g/mol. The number of rotatable bonds is 8. The van der Waals surface area contributed by atoms with E-state index in [1.807, 2.05) is 0 Å². The Morgan fingerprint density at radius 1 is 1.17 bits per heavy atom. The maximum atomic E-state index is 12.3. The zero-order valence-electron chi connectivity index (χ0n) is 16.8. The first-order valence-electron chi connectivity index (χ1n) is 9.80. The fraction of sp³-hybridized carbons (Fsp3) is 0.381. The van der Waals surface area contributed by atoms with Gasteiger partial charge in [-0.2, -0.15) is 0 Å². The Balaban J connectivity index is 1.60. The Morgan fingerprint density at radius 3 is 2.60 bits per heavy atom. The third-order valence-corrected chi connectivity index (χ3v) is 7.34. The van der Waals surface area contributed by atoms with Crippen LogP contribution in [0.4, 0.5) is 11.4 Å². The topological polar surface area (TPSA) is 114 Å². The number of carbonyl (C=O) groups is 2. The van der Waals surface area contributed by atoms with E-state index in [1.165, 1.54) is 13.3 Å². The van der Waals surface area contributed by atoms with Gasteiger partial charge in [0.15, 0.2) is 9.84 Å². The molecule has 1 aliphatic carbocycles. The molecule has 0 atom stereocenters. The normalized spacial score (nSPS) is 14.3. The molecule has 9 heteroatoms. The van der Waals surface area contributed by atoms with Crippen molar-refractivity contribution in [2.75, 3.05) is 23.5 Å². The molecule has 0 bridgehead atoms. The molecule has 1 aromatic carbocycles. The number of sulfone groups is 1. The molecular weight excluding hydrogens is 406 g/mol. The van der Waals surface area contributed by atoms with Crippen molar-refractivity contribution in [3.05, 3.63) is 48.3 Å². The molecule has 2 amide bonds. The quantitative estimate of drug-likeness (QED) is 0.664. The van der Waals surface area contributed by atoms with Gasteiger partial charge in [0, 0.05) is 30.6 Å². The van der Waals surface area contributed by atoms with Crippen LogP contribution in [0.5, 0.6) is 5.75 Å². The van der Waals surface area contributed by atoms with Gasteiger partial charge in [-0.25, -0.2) is 8.42 Å². The minimum Gasteiger partial charge on any atom is -0.494 e. The predicted octanol–water partition coefficient (Wildman–Crippen LogP) is 3.03. The zero-order valence-corrected chi connectivity index (χ0v) is 17.6. The largest absolute Gasteiger partial charge is 0.494 e. The third-order valence-electron chi connectivity index (χ3n) is 5.08. The number of ether oxygens (including phenoxy) is 1. The Morgan fingerprint density at radius 2 is 1.93 bits per heavy atom. The summed E-state index contributed by atoms with van der Waals surface area (Å²) in [6, 6.07) is 8.10. The lowest BCUT2D eigenvalue weighted by atomic mass is 10.2. The van der Waals surface area contributed by atoms with Gasteiger partial charge >= 0.3 is 0 Å². The summed E-state index contributed by atoms with van der Waals surface area (Å²) in [4.78, 5) is 28.4. The van der Waals surface area contributed by atoms with E-state index in [9.17, 15) is 18.0 Å². The SMILES string of the molecule is COc1cc(NC(=O)CCS(=O)(=O)C2CCCC2)ccc1NC(=O)c1cccnc1. The van der Waals surface area contributed by atoms with Crippen LogP contribution in [-0.4, -0.2) is 43.3 Å². The molecule has 160 valence electrons. The molecule has 8 nitrogen and oxygen atoms in total. The summed E-state index contributed by atoms with van der Waals surface area (Å²) in [6.45, 7) is 0. The van der Waals surface area contributed by atoms with Crippen molar-refractivity contribution >= 4 is 33.0 Å². The van der Waals surface area contributed by atoms with E-state index < -0.39 is 9.84 Å². The number of nitrogens with zero attached hydrogens (tertiary/aromatic N) is 1. The second kappa shape index (κ2) is 9.71. The van der Waals surface area contributed by atoms with Gasteiger partial charge in [-0.3, -0.25) is 14.6 Å². The number of benzene rings is 1. The number of anilines is 2. The fourth-order valence-corrected chi connectivity index (χ4v) is 5.29. The van der Waals surface area contributed by atoms with Gasteiger partial charge in [0.1, 0.15) is 5.75 Å². The number of nitrogens with one attached hydrogen (secondary N) is 2. The summed E-state index contributed by atoms with van der Waals surface area (Å²) in [5, 5.41) is 5.11. The fourth-order valence-electron chi connectivity index (χ4n) is 3.44. The van der Waals surface area contributed by atoms with Crippen molar-refractivity contribution < 1.29 is 22.7 Å². The van der Waals surface area contributed by atoms with Crippen molar-refractivity contribution in [3.8, 4) is 5.75 Å². The number of amides is 2. The molecule has 0 unspecified atom stereocenters. The van der Waals surface area contributed by atoms with E-state index in [4.69, 9.17) is 4.74 Å². The third kappa shape index (κ3) is 5.56. The lowest BCUT2D eigenvalue weighted by molar-refractivity contribution is -0.115. The molecule has 0 radical (unpaired) electrons. The number of pyridine rings is 1. The summed E-state index contributed by atoms with van der Waals surface area (Å²) < 4.78 is 29.9. The number of hydrogen-bond acceptors (Lipinski definition) is 6. The van der Waals surface area contributed by atoms with Crippen LogP contribution >= 0.6 is 0 Å². The Bertz CT molecular complexity index is 1000. The summed E-state index contributed by atoms with van der Waals surface area (Å²) in [5.41, 5.74) is 1.29. The van der Waals surface area contributed by atoms with E-state index in [0.29, 0.717) is 35.5 Å². The highest BCUT2D eigenvalue weighted by Crippen LogP contribution is 2.29. The molecule has 0 saturated heterocycles. The van der Waals surface area contributed by atoms with Crippen LogP contribution in [0.15, 0.2) is 42.7 Å². The lowest BCUT2D eigenvalue weighted by Crippen LogP contribution is -2.24. The van der Waals surface area contributed by atoms with Gasteiger partial charge in [0.05, 0.1) is 29.4 Å². The van der Waals surface area contributed by atoms with Crippen LogP contribution in [0.1, 0.15) is 42.5 Å². The molecule has 0 aliphatic heterocycles. The highest BCUT2D eigenvalue weighted by Gasteiger charge is 2.28. The van der Waals surface area contributed by atoms with E-state index in [-0.39, 0.29) is 29.2 Å².